The van der Waals surface area contributed by atoms with Gasteiger partial charge < -0.3 is 4.57 Å². The van der Waals surface area contributed by atoms with E-state index in [9.17, 15) is 0 Å². The lowest BCUT2D eigenvalue weighted by atomic mass is 9.83. The molecule has 0 atom stereocenters. The summed E-state index contributed by atoms with van der Waals surface area (Å²) in [6, 6.07) is 2.20. The summed E-state index contributed by atoms with van der Waals surface area (Å²) in [5.41, 5.74) is 2.49. The van der Waals surface area contributed by atoms with Gasteiger partial charge in [-0.2, -0.15) is 0 Å². The third-order valence-electron chi connectivity index (χ3n) is 3.18. The SMILES string of the molecule is CC1(C)C=C(Br)C=c2c1cc1n2CC=CN=1. The van der Waals surface area contributed by atoms with Crippen molar-refractivity contribution in [3.8, 4) is 0 Å². The lowest BCUT2D eigenvalue weighted by Crippen LogP contribution is -2.33. The van der Waals surface area contributed by atoms with Crippen molar-refractivity contribution >= 4 is 22.0 Å². The standard InChI is InChI=1S/C13H13BrN2/c1-13(2)8-9(14)6-11-10(13)7-12-15-4-3-5-16(11)12/h3-4,6-8H,5H2,1-2H3. The predicted octanol–water partition coefficient (Wildman–Crippen LogP) is 1.99. The number of halogens is 1. The van der Waals surface area contributed by atoms with Crippen LogP contribution in [-0.2, 0) is 12.0 Å². The van der Waals surface area contributed by atoms with Gasteiger partial charge in [0.15, 0.2) is 0 Å². The number of fused-ring (bicyclic) bond motifs is 3. The van der Waals surface area contributed by atoms with E-state index in [-0.39, 0.29) is 5.41 Å². The molecule has 0 fully saturated rings. The maximum absolute atomic E-state index is 4.41. The fourth-order valence-corrected chi connectivity index (χ4v) is 3.19. The molecule has 1 aromatic heterocycles. The molecule has 0 radical (unpaired) electrons. The summed E-state index contributed by atoms with van der Waals surface area (Å²) < 4.78 is 3.41. The first-order chi connectivity index (χ1) is 7.58. The van der Waals surface area contributed by atoms with E-state index in [1.54, 1.807) is 0 Å². The van der Waals surface area contributed by atoms with Gasteiger partial charge in [0.1, 0.15) is 5.49 Å². The van der Waals surface area contributed by atoms with E-state index in [2.05, 4.69) is 63.6 Å². The van der Waals surface area contributed by atoms with Crippen molar-refractivity contribution < 1.29 is 0 Å². The number of aromatic nitrogens is 1. The molecule has 82 valence electrons. The smallest absolute Gasteiger partial charge is 0.133 e. The van der Waals surface area contributed by atoms with E-state index >= 15 is 0 Å². The highest BCUT2D eigenvalue weighted by Gasteiger charge is 2.25. The maximum atomic E-state index is 4.41. The summed E-state index contributed by atoms with van der Waals surface area (Å²) in [6.45, 7) is 5.39. The van der Waals surface area contributed by atoms with Gasteiger partial charge in [-0.3, -0.25) is 0 Å². The molecule has 0 spiro atoms. The zero-order valence-electron chi connectivity index (χ0n) is 9.37. The molecule has 0 N–H and O–H groups in total. The molecule has 2 heterocycles. The van der Waals surface area contributed by atoms with Crippen molar-refractivity contribution in [3.05, 3.63) is 45.3 Å². The summed E-state index contributed by atoms with van der Waals surface area (Å²) >= 11 is 3.59. The number of hydrogen-bond acceptors (Lipinski definition) is 1. The molecular weight excluding hydrogens is 264 g/mol. The molecule has 1 aliphatic carbocycles. The lowest BCUT2D eigenvalue weighted by molar-refractivity contribution is 0.647. The number of allylic oxidation sites excluding steroid dienone is 3. The Labute approximate surface area is 103 Å². The zero-order valence-corrected chi connectivity index (χ0v) is 11.0. The highest BCUT2D eigenvalue weighted by molar-refractivity contribution is 9.12. The molecule has 0 bridgehead atoms. The fraction of sp³-hybridized carbons (Fsp3) is 0.308. The molecule has 0 aromatic carbocycles. The van der Waals surface area contributed by atoms with Gasteiger partial charge in [-0.25, -0.2) is 4.99 Å². The molecule has 0 unspecified atom stereocenters. The molecule has 0 saturated heterocycles. The third-order valence-corrected chi connectivity index (χ3v) is 3.64. The summed E-state index contributed by atoms with van der Waals surface area (Å²) in [4.78, 5) is 4.41. The maximum Gasteiger partial charge on any atom is 0.133 e. The topological polar surface area (TPSA) is 17.3 Å². The van der Waals surface area contributed by atoms with Gasteiger partial charge in [-0.15, -0.1) is 0 Å². The molecule has 3 rings (SSSR count). The van der Waals surface area contributed by atoms with Crippen LogP contribution >= 0.6 is 15.9 Å². The van der Waals surface area contributed by atoms with Crippen molar-refractivity contribution in [2.75, 3.05) is 0 Å². The van der Waals surface area contributed by atoms with Gasteiger partial charge in [0.25, 0.3) is 0 Å². The Hall–Kier alpha value is -1.09. The van der Waals surface area contributed by atoms with Crippen LogP contribution in [0.4, 0.5) is 0 Å². The minimum Gasteiger partial charge on any atom is -0.322 e. The zero-order chi connectivity index (χ0) is 11.3. The monoisotopic (exact) mass is 276 g/mol. The molecule has 16 heavy (non-hydrogen) atoms. The minimum atomic E-state index is 0.0722. The highest BCUT2D eigenvalue weighted by atomic mass is 79.9. The fourth-order valence-electron chi connectivity index (χ4n) is 2.40. The molecule has 1 aromatic rings. The first-order valence-corrected chi connectivity index (χ1v) is 6.20. The lowest BCUT2D eigenvalue weighted by Gasteiger charge is -2.23. The Balaban J connectivity index is 2.40. The Morgan fingerprint density at radius 2 is 2.25 bits per heavy atom. The van der Waals surface area contributed by atoms with Crippen LogP contribution in [0.1, 0.15) is 19.4 Å². The largest absolute Gasteiger partial charge is 0.322 e. The van der Waals surface area contributed by atoms with Crippen molar-refractivity contribution in [2.24, 2.45) is 4.99 Å². The minimum absolute atomic E-state index is 0.0722. The molecule has 1 aliphatic heterocycles. The number of nitrogens with zero attached hydrogens (tertiary/aromatic N) is 2. The third kappa shape index (κ3) is 1.34. The van der Waals surface area contributed by atoms with E-state index < -0.39 is 0 Å². The van der Waals surface area contributed by atoms with Crippen LogP contribution in [0.3, 0.4) is 0 Å². The Morgan fingerprint density at radius 1 is 1.44 bits per heavy atom. The van der Waals surface area contributed by atoms with Crippen LogP contribution in [0.15, 0.2) is 33.9 Å². The molecule has 2 aliphatic rings. The summed E-state index contributed by atoms with van der Waals surface area (Å²) in [6.07, 6.45) is 8.39. The van der Waals surface area contributed by atoms with E-state index in [4.69, 9.17) is 0 Å². The normalized spacial score (nSPS) is 20.3. The highest BCUT2D eigenvalue weighted by Crippen LogP contribution is 2.28. The average Bonchev–Trinajstić information content (AvgIpc) is 2.57. The van der Waals surface area contributed by atoms with Crippen LogP contribution in [0.2, 0.25) is 0 Å². The Morgan fingerprint density at radius 3 is 3.06 bits per heavy atom. The van der Waals surface area contributed by atoms with Crippen LogP contribution in [0.25, 0.3) is 6.08 Å². The Bertz CT molecular complexity index is 630. The molecule has 2 nitrogen and oxygen atoms in total. The van der Waals surface area contributed by atoms with Crippen molar-refractivity contribution in [3.63, 3.8) is 0 Å². The number of hydrogen-bond donors (Lipinski definition) is 0. The van der Waals surface area contributed by atoms with Gasteiger partial charge in [-0.1, -0.05) is 35.9 Å². The second kappa shape index (κ2) is 3.20. The van der Waals surface area contributed by atoms with Gasteiger partial charge in [0.2, 0.25) is 0 Å². The van der Waals surface area contributed by atoms with Gasteiger partial charge in [-0.05, 0) is 23.8 Å². The van der Waals surface area contributed by atoms with Gasteiger partial charge in [0, 0.05) is 28.0 Å². The van der Waals surface area contributed by atoms with Crippen LogP contribution in [0, 0.1) is 0 Å². The van der Waals surface area contributed by atoms with E-state index in [0.717, 1.165) is 16.5 Å². The van der Waals surface area contributed by atoms with Crippen LogP contribution < -0.4 is 10.8 Å². The summed E-state index contributed by atoms with van der Waals surface area (Å²) in [5.74, 6) is 0. The van der Waals surface area contributed by atoms with Gasteiger partial charge in [0.05, 0.1) is 0 Å². The predicted molar refractivity (Wildman–Crippen MR) is 68.9 cm³/mol. The summed E-state index contributed by atoms with van der Waals surface area (Å²) in [5, 5.41) is 1.28. The van der Waals surface area contributed by atoms with E-state index in [0.29, 0.717) is 0 Å². The van der Waals surface area contributed by atoms with Gasteiger partial charge >= 0.3 is 0 Å². The second-order valence-electron chi connectivity index (χ2n) is 4.82. The van der Waals surface area contributed by atoms with Crippen molar-refractivity contribution in [2.45, 2.75) is 25.8 Å². The quantitative estimate of drug-likeness (QED) is 0.690. The molecule has 0 amide bonds. The second-order valence-corrected chi connectivity index (χ2v) is 5.74. The van der Waals surface area contributed by atoms with Crippen molar-refractivity contribution in [1.82, 2.24) is 4.57 Å². The van der Waals surface area contributed by atoms with E-state index in [1.165, 1.54) is 10.9 Å². The number of rotatable bonds is 0. The first kappa shape index (κ1) is 10.1. The summed E-state index contributed by atoms with van der Waals surface area (Å²) in [7, 11) is 0. The first-order valence-electron chi connectivity index (χ1n) is 5.41. The molecule has 0 saturated carbocycles. The molecular formula is C13H13BrN2. The average molecular weight is 277 g/mol. The van der Waals surface area contributed by atoms with Crippen molar-refractivity contribution in [1.29, 1.82) is 0 Å². The van der Waals surface area contributed by atoms with E-state index in [1.807, 2.05) is 6.20 Å². The van der Waals surface area contributed by atoms with Crippen LogP contribution in [0.5, 0.6) is 0 Å². The molecule has 3 heteroatoms. The van der Waals surface area contributed by atoms with Crippen LogP contribution in [-0.4, -0.2) is 4.57 Å². The Kier molecular flexibility index (Phi) is 2.02.